The van der Waals surface area contributed by atoms with Gasteiger partial charge in [0.1, 0.15) is 0 Å². The van der Waals surface area contributed by atoms with Crippen LogP contribution in [-0.4, -0.2) is 10.5 Å². The van der Waals surface area contributed by atoms with E-state index in [9.17, 15) is 0 Å². The number of benzene rings is 1. The Morgan fingerprint density at radius 3 is 2.30 bits per heavy atom. The van der Waals surface area contributed by atoms with E-state index < -0.39 is 0 Å². The SMILES string of the molecule is CCCCc1cccc(C(CCC)O[Si])c1CCCC. The van der Waals surface area contributed by atoms with E-state index in [4.69, 9.17) is 4.43 Å². The number of unbranched alkanes of at least 4 members (excludes halogenated alkanes) is 2. The van der Waals surface area contributed by atoms with Crippen molar-refractivity contribution in [3.63, 3.8) is 0 Å². The molecule has 111 valence electrons. The fraction of sp³-hybridized carbons (Fsp3) is 0.667. The molecule has 1 aromatic carbocycles. The first-order valence-corrected chi connectivity index (χ1v) is 8.62. The van der Waals surface area contributed by atoms with Crippen LogP contribution in [-0.2, 0) is 17.3 Å². The Hall–Kier alpha value is -0.603. The maximum absolute atomic E-state index is 5.56. The minimum Gasteiger partial charge on any atom is -0.412 e. The number of rotatable bonds is 10. The topological polar surface area (TPSA) is 9.23 Å². The van der Waals surface area contributed by atoms with E-state index in [2.05, 4.69) is 49.5 Å². The minimum absolute atomic E-state index is 0.185. The van der Waals surface area contributed by atoms with E-state index >= 15 is 0 Å². The van der Waals surface area contributed by atoms with Crippen LogP contribution in [0.3, 0.4) is 0 Å². The molecule has 0 aliphatic carbocycles. The number of aryl methyl sites for hydroxylation is 1. The van der Waals surface area contributed by atoms with E-state index in [0.717, 1.165) is 12.8 Å². The summed E-state index contributed by atoms with van der Waals surface area (Å²) in [4.78, 5) is 0. The summed E-state index contributed by atoms with van der Waals surface area (Å²) in [6.07, 6.45) is 9.81. The van der Waals surface area contributed by atoms with Crippen molar-refractivity contribution in [3.8, 4) is 0 Å². The second-order valence-corrected chi connectivity index (χ2v) is 5.82. The zero-order chi connectivity index (χ0) is 14.8. The van der Waals surface area contributed by atoms with Gasteiger partial charge in [-0.05, 0) is 48.8 Å². The molecule has 1 atom stereocenters. The second kappa shape index (κ2) is 10.2. The normalized spacial score (nSPS) is 12.6. The first-order chi connectivity index (χ1) is 9.78. The molecule has 0 fully saturated rings. The van der Waals surface area contributed by atoms with Crippen LogP contribution >= 0.6 is 0 Å². The highest BCUT2D eigenvalue weighted by Crippen LogP contribution is 2.29. The standard InChI is InChI=1S/C18H29OSi/c1-4-7-11-15-12-9-14-17(16(15)13-8-5-2)18(19-20)10-6-3/h9,12,14,18H,4-8,10-11,13H2,1-3H3. The summed E-state index contributed by atoms with van der Waals surface area (Å²) in [6, 6.07) is 6.76. The van der Waals surface area contributed by atoms with Gasteiger partial charge in [0.15, 0.2) is 0 Å². The Labute approximate surface area is 128 Å². The monoisotopic (exact) mass is 289 g/mol. The lowest BCUT2D eigenvalue weighted by molar-refractivity contribution is 0.212. The largest absolute Gasteiger partial charge is 0.412 e. The predicted octanol–water partition coefficient (Wildman–Crippen LogP) is 5.31. The van der Waals surface area contributed by atoms with Crippen molar-refractivity contribution in [1.29, 1.82) is 0 Å². The Balaban J connectivity index is 3.05. The molecule has 0 amide bonds. The van der Waals surface area contributed by atoms with Crippen molar-refractivity contribution in [3.05, 3.63) is 34.9 Å². The molecule has 0 aliphatic heterocycles. The summed E-state index contributed by atoms with van der Waals surface area (Å²) in [6.45, 7) is 6.74. The van der Waals surface area contributed by atoms with Gasteiger partial charge in [-0.15, -0.1) is 0 Å². The van der Waals surface area contributed by atoms with Gasteiger partial charge in [-0.2, -0.15) is 0 Å². The van der Waals surface area contributed by atoms with Crippen molar-refractivity contribution < 1.29 is 4.43 Å². The minimum atomic E-state index is 0.185. The molecule has 0 spiro atoms. The fourth-order valence-electron chi connectivity index (χ4n) is 2.76. The summed E-state index contributed by atoms with van der Waals surface area (Å²) < 4.78 is 5.56. The van der Waals surface area contributed by atoms with Gasteiger partial charge in [0, 0.05) is 0 Å². The van der Waals surface area contributed by atoms with Crippen LogP contribution in [0.25, 0.3) is 0 Å². The van der Waals surface area contributed by atoms with E-state index in [0.29, 0.717) is 0 Å². The molecular weight excluding hydrogens is 260 g/mol. The van der Waals surface area contributed by atoms with Crippen LogP contribution in [0.4, 0.5) is 0 Å². The zero-order valence-corrected chi connectivity index (χ0v) is 14.4. The lowest BCUT2D eigenvalue weighted by Crippen LogP contribution is -2.08. The van der Waals surface area contributed by atoms with Gasteiger partial charge < -0.3 is 4.43 Å². The smallest absolute Gasteiger partial charge is 0.247 e. The van der Waals surface area contributed by atoms with E-state index in [1.54, 1.807) is 5.56 Å². The molecule has 1 aromatic rings. The van der Waals surface area contributed by atoms with Gasteiger partial charge in [0.25, 0.3) is 0 Å². The van der Waals surface area contributed by atoms with Crippen molar-refractivity contribution in [2.45, 2.75) is 78.2 Å². The van der Waals surface area contributed by atoms with Crippen molar-refractivity contribution in [1.82, 2.24) is 0 Å². The number of hydrogen-bond donors (Lipinski definition) is 0. The molecule has 0 aromatic heterocycles. The zero-order valence-electron chi connectivity index (χ0n) is 13.4. The Bertz CT molecular complexity index is 376. The lowest BCUT2D eigenvalue weighted by Gasteiger charge is -2.22. The molecule has 2 heteroatoms. The summed E-state index contributed by atoms with van der Waals surface area (Å²) in [5, 5.41) is 0. The quantitative estimate of drug-likeness (QED) is 0.530. The van der Waals surface area contributed by atoms with Crippen LogP contribution in [0.1, 0.15) is 82.1 Å². The molecule has 0 aliphatic rings. The third kappa shape index (κ3) is 5.06. The molecular formula is C18H29OSi. The van der Waals surface area contributed by atoms with E-state index in [1.165, 1.54) is 49.7 Å². The molecule has 3 radical (unpaired) electrons. The molecule has 0 heterocycles. The van der Waals surface area contributed by atoms with Gasteiger partial charge in [-0.3, -0.25) is 0 Å². The first-order valence-electron chi connectivity index (χ1n) is 8.21. The molecule has 0 saturated heterocycles. The molecule has 0 N–H and O–H groups in total. The first kappa shape index (κ1) is 17.4. The highest BCUT2D eigenvalue weighted by Gasteiger charge is 2.16. The predicted molar refractivity (Wildman–Crippen MR) is 88.2 cm³/mol. The molecule has 0 saturated carbocycles. The maximum Gasteiger partial charge on any atom is 0.247 e. The van der Waals surface area contributed by atoms with Crippen LogP contribution in [0.15, 0.2) is 18.2 Å². The Morgan fingerprint density at radius 1 is 1.00 bits per heavy atom. The maximum atomic E-state index is 5.56. The fourth-order valence-corrected chi connectivity index (χ4v) is 3.00. The average molecular weight is 290 g/mol. The van der Waals surface area contributed by atoms with Crippen LogP contribution < -0.4 is 0 Å². The van der Waals surface area contributed by atoms with E-state index in [1.807, 2.05) is 0 Å². The molecule has 1 nitrogen and oxygen atoms in total. The average Bonchev–Trinajstić information content (AvgIpc) is 2.48. The van der Waals surface area contributed by atoms with Crippen LogP contribution in [0, 0.1) is 0 Å². The van der Waals surface area contributed by atoms with Crippen molar-refractivity contribution in [2.24, 2.45) is 0 Å². The van der Waals surface area contributed by atoms with Crippen LogP contribution in [0.2, 0.25) is 0 Å². The lowest BCUT2D eigenvalue weighted by atomic mass is 9.90. The summed E-state index contributed by atoms with van der Waals surface area (Å²) in [5.74, 6) is 0. The van der Waals surface area contributed by atoms with Crippen LogP contribution in [0.5, 0.6) is 0 Å². The summed E-state index contributed by atoms with van der Waals surface area (Å²) >= 11 is 0. The van der Waals surface area contributed by atoms with Gasteiger partial charge >= 0.3 is 0 Å². The van der Waals surface area contributed by atoms with Gasteiger partial charge in [-0.1, -0.05) is 58.2 Å². The third-order valence-electron chi connectivity index (χ3n) is 3.93. The molecule has 20 heavy (non-hydrogen) atoms. The van der Waals surface area contributed by atoms with Gasteiger partial charge in [0.05, 0.1) is 6.10 Å². The van der Waals surface area contributed by atoms with Gasteiger partial charge in [-0.25, -0.2) is 0 Å². The summed E-state index contributed by atoms with van der Waals surface area (Å²) in [7, 11) is 3.28. The van der Waals surface area contributed by atoms with Crippen molar-refractivity contribution in [2.75, 3.05) is 0 Å². The van der Waals surface area contributed by atoms with Gasteiger partial charge in [0.2, 0.25) is 10.5 Å². The van der Waals surface area contributed by atoms with E-state index in [-0.39, 0.29) is 6.10 Å². The molecule has 1 unspecified atom stereocenters. The second-order valence-electron chi connectivity index (χ2n) is 5.59. The Morgan fingerprint density at radius 2 is 1.70 bits per heavy atom. The molecule has 1 rings (SSSR count). The summed E-state index contributed by atoms with van der Waals surface area (Å²) in [5.41, 5.74) is 4.46. The third-order valence-corrected chi connectivity index (χ3v) is 4.21. The molecule has 0 bridgehead atoms. The van der Waals surface area contributed by atoms with Crippen molar-refractivity contribution >= 4 is 10.5 Å². The Kier molecular flexibility index (Phi) is 8.87. The highest BCUT2D eigenvalue weighted by atomic mass is 28.2. The highest BCUT2D eigenvalue weighted by molar-refractivity contribution is 5.98. The number of hydrogen-bond acceptors (Lipinski definition) is 1.